The Kier molecular flexibility index (Phi) is 4.13. The van der Waals surface area contributed by atoms with Crippen molar-refractivity contribution in [3.05, 3.63) is 48.7 Å². The van der Waals surface area contributed by atoms with Crippen molar-refractivity contribution >= 4 is 17.5 Å². The van der Waals surface area contributed by atoms with Crippen LogP contribution < -0.4 is 10.2 Å². The summed E-state index contributed by atoms with van der Waals surface area (Å²) in [5, 5.41) is 2.77. The molecular weight excluding hydrogens is 285 g/mol. The molecule has 2 aromatic rings. The number of carbonyl (C=O) groups is 1. The van der Waals surface area contributed by atoms with E-state index in [1.807, 2.05) is 0 Å². The van der Waals surface area contributed by atoms with Crippen molar-refractivity contribution in [2.24, 2.45) is 0 Å². The number of hydrogen-bond acceptors (Lipinski definition) is 4. The third-order valence-corrected chi connectivity index (χ3v) is 3.54. The minimum atomic E-state index is -0.324. The number of anilines is 2. The largest absolute Gasteiger partial charge is 0.352 e. The summed E-state index contributed by atoms with van der Waals surface area (Å²) >= 11 is 0. The van der Waals surface area contributed by atoms with Gasteiger partial charge in [0.05, 0.1) is 6.20 Å². The van der Waals surface area contributed by atoms with Crippen molar-refractivity contribution in [1.29, 1.82) is 0 Å². The van der Waals surface area contributed by atoms with Crippen LogP contribution in [0.25, 0.3) is 0 Å². The van der Waals surface area contributed by atoms with Crippen molar-refractivity contribution in [2.75, 3.05) is 36.4 Å². The lowest BCUT2D eigenvalue weighted by atomic mass is 10.3. The van der Waals surface area contributed by atoms with Crippen molar-refractivity contribution in [2.45, 2.75) is 0 Å². The van der Waals surface area contributed by atoms with Gasteiger partial charge in [-0.25, -0.2) is 14.2 Å². The molecule has 1 aromatic heterocycles. The first-order valence-corrected chi connectivity index (χ1v) is 7.05. The number of halogens is 1. The minimum absolute atomic E-state index is 0.176. The Balaban J connectivity index is 1.54. The number of carbonyl (C=O) groups excluding carboxylic acids is 1. The fraction of sp³-hybridized carbons (Fsp3) is 0.267. The van der Waals surface area contributed by atoms with Crippen LogP contribution in [0.4, 0.5) is 20.7 Å². The van der Waals surface area contributed by atoms with Crippen LogP contribution in [0.15, 0.2) is 42.9 Å². The zero-order chi connectivity index (χ0) is 15.4. The highest BCUT2D eigenvalue weighted by atomic mass is 19.1. The normalized spacial score (nSPS) is 14.8. The fourth-order valence-corrected chi connectivity index (χ4v) is 2.33. The topological polar surface area (TPSA) is 61.4 Å². The Bertz CT molecular complexity index is 626. The second kappa shape index (κ2) is 6.38. The number of nitrogens with one attached hydrogen (secondary N) is 1. The molecule has 0 aliphatic carbocycles. The second-order valence-corrected chi connectivity index (χ2v) is 4.97. The summed E-state index contributed by atoms with van der Waals surface area (Å²) in [7, 11) is 0. The first-order chi connectivity index (χ1) is 10.7. The van der Waals surface area contributed by atoms with E-state index in [2.05, 4.69) is 20.2 Å². The molecule has 6 nitrogen and oxygen atoms in total. The van der Waals surface area contributed by atoms with E-state index < -0.39 is 0 Å². The number of rotatable bonds is 2. The molecule has 0 atom stereocenters. The maximum absolute atomic E-state index is 12.8. The first kappa shape index (κ1) is 14.2. The fourth-order valence-electron chi connectivity index (χ4n) is 2.33. The highest BCUT2D eigenvalue weighted by molar-refractivity contribution is 5.89. The first-order valence-electron chi connectivity index (χ1n) is 7.05. The zero-order valence-electron chi connectivity index (χ0n) is 11.9. The third-order valence-electron chi connectivity index (χ3n) is 3.54. The number of aromatic nitrogens is 2. The average Bonchev–Trinajstić information content (AvgIpc) is 2.58. The van der Waals surface area contributed by atoms with Gasteiger partial charge in [-0.2, -0.15) is 0 Å². The van der Waals surface area contributed by atoms with Gasteiger partial charge in [0.1, 0.15) is 11.6 Å². The Morgan fingerprint density at radius 3 is 2.45 bits per heavy atom. The lowest BCUT2D eigenvalue weighted by molar-refractivity contribution is 0.208. The van der Waals surface area contributed by atoms with Crippen LogP contribution in [0.1, 0.15) is 0 Å². The molecule has 1 aliphatic heterocycles. The van der Waals surface area contributed by atoms with E-state index in [1.165, 1.54) is 12.1 Å². The highest BCUT2D eigenvalue weighted by Crippen LogP contribution is 2.13. The minimum Gasteiger partial charge on any atom is -0.352 e. The molecule has 22 heavy (non-hydrogen) atoms. The quantitative estimate of drug-likeness (QED) is 0.921. The Labute approximate surface area is 127 Å². The summed E-state index contributed by atoms with van der Waals surface area (Å²) in [6.45, 7) is 2.61. The summed E-state index contributed by atoms with van der Waals surface area (Å²) in [4.78, 5) is 24.3. The van der Waals surface area contributed by atoms with E-state index in [9.17, 15) is 9.18 Å². The van der Waals surface area contributed by atoms with Crippen molar-refractivity contribution in [3.8, 4) is 0 Å². The maximum atomic E-state index is 12.8. The van der Waals surface area contributed by atoms with Gasteiger partial charge in [-0.05, 0) is 24.3 Å². The van der Waals surface area contributed by atoms with Gasteiger partial charge in [-0.1, -0.05) is 0 Å². The summed E-state index contributed by atoms with van der Waals surface area (Å²) in [5.41, 5.74) is 0.586. The predicted molar refractivity (Wildman–Crippen MR) is 81.2 cm³/mol. The number of benzene rings is 1. The molecule has 2 amide bonds. The Morgan fingerprint density at radius 1 is 1.09 bits per heavy atom. The predicted octanol–water partition coefficient (Wildman–Crippen LogP) is 1.97. The molecule has 0 saturated carbocycles. The molecule has 0 unspecified atom stereocenters. The van der Waals surface area contributed by atoms with Crippen LogP contribution in [-0.4, -0.2) is 47.1 Å². The van der Waals surface area contributed by atoms with Gasteiger partial charge in [0.25, 0.3) is 0 Å². The number of piperazine rings is 1. The average molecular weight is 301 g/mol. The lowest BCUT2D eigenvalue weighted by Crippen LogP contribution is -2.50. The molecule has 0 radical (unpaired) electrons. The molecule has 2 heterocycles. The number of nitrogens with zero attached hydrogens (tertiary/aromatic N) is 4. The van der Waals surface area contributed by atoms with Crippen molar-refractivity contribution in [3.63, 3.8) is 0 Å². The zero-order valence-corrected chi connectivity index (χ0v) is 11.9. The molecule has 0 bridgehead atoms. The molecule has 1 saturated heterocycles. The van der Waals surface area contributed by atoms with Gasteiger partial charge >= 0.3 is 6.03 Å². The number of urea groups is 1. The van der Waals surface area contributed by atoms with Gasteiger partial charge in [0.15, 0.2) is 0 Å². The van der Waals surface area contributed by atoms with Crippen LogP contribution in [0.2, 0.25) is 0 Å². The van der Waals surface area contributed by atoms with E-state index in [-0.39, 0.29) is 11.8 Å². The lowest BCUT2D eigenvalue weighted by Gasteiger charge is -2.35. The van der Waals surface area contributed by atoms with Gasteiger partial charge in [-0.15, -0.1) is 0 Å². The van der Waals surface area contributed by atoms with Crippen molar-refractivity contribution in [1.82, 2.24) is 14.9 Å². The third kappa shape index (κ3) is 3.30. The van der Waals surface area contributed by atoms with Crippen LogP contribution in [0.3, 0.4) is 0 Å². The number of amides is 2. The van der Waals surface area contributed by atoms with Crippen LogP contribution in [0.5, 0.6) is 0 Å². The van der Waals surface area contributed by atoms with Crippen LogP contribution in [-0.2, 0) is 0 Å². The monoisotopic (exact) mass is 301 g/mol. The van der Waals surface area contributed by atoms with E-state index in [4.69, 9.17) is 0 Å². The molecule has 0 spiro atoms. The van der Waals surface area contributed by atoms with Gasteiger partial charge in [0.2, 0.25) is 0 Å². The van der Waals surface area contributed by atoms with E-state index in [1.54, 1.807) is 35.6 Å². The van der Waals surface area contributed by atoms with Gasteiger partial charge in [0, 0.05) is 44.3 Å². The van der Waals surface area contributed by atoms with E-state index >= 15 is 0 Å². The van der Waals surface area contributed by atoms with Crippen LogP contribution >= 0.6 is 0 Å². The van der Waals surface area contributed by atoms with E-state index in [0.717, 1.165) is 5.82 Å². The maximum Gasteiger partial charge on any atom is 0.321 e. The standard InChI is InChI=1S/C15H16FN5O/c16-12-1-3-13(4-2-12)19-15(22)21-9-7-20(8-10-21)14-11-17-5-6-18-14/h1-6,11H,7-10H2,(H,19,22). The molecule has 1 aromatic carbocycles. The van der Waals surface area contributed by atoms with Gasteiger partial charge in [-0.3, -0.25) is 4.98 Å². The SMILES string of the molecule is O=C(Nc1ccc(F)cc1)N1CCN(c2cnccn2)CC1. The van der Waals surface area contributed by atoms with E-state index in [0.29, 0.717) is 31.9 Å². The molecule has 1 fully saturated rings. The smallest absolute Gasteiger partial charge is 0.321 e. The molecular formula is C15H16FN5O. The summed E-state index contributed by atoms with van der Waals surface area (Å²) < 4.78 is 12.8. The van der Waals surface area contributed by atoms with Crippen LogP contribution in [0, 0.1) is 5.82 Å². The van der Waals surface area contributed by atoms with Gasteiger partial charge < -0.3 is 15.1 Å². The van der Waals surface area contributed by atoms with Crippen molar-refractivity contribution < 1.29 is 9.18 Å². The molecule has 1 N–H and O–H groups in total. The molecule has 114 valence electrons. The second-order valence-electron chi connectivity index (χ2n) is 4.97. The molecule has 7 heteroatoms. The molecule has 3 rings (SSSR count). The highest BCUT2D eigenvalue weighted by Gasteiger charge is 2.21. The Hall–Kier alpha value is -2.70. The summed E-state index contributed by atoms with van der Waals surface area (Å²) in [6.07, 6.45) is 5.01. The number of hydrogen-bond donors (Lipinski definition) is 1. The summed E-state index contributed by atoms with van der Waals surface area (Å²) in [5.74, 6) is 0.497. The Morgan fingerprint density at radius 2 is 1.82 bits per heavy atom. The molecule has 1 aliphatic rings. The summed E-state index contributed by atoms with van der Waals surface area (Å²) in [6, 6.07) is 5.56.